The van der Waals surface area contributed by atoms with Gasteiger partial charge in [0, 0.05) is 14.2 Å². The van der Waals surface area contributed by atoms with Gasteiger partial charge >= 0.3 is 0 Å². The van der Waals surface area contributed by atoms with Crippen molar-refractivity contribution < 1.29 is 9.47 Å². The molecule has 0 aliphatic carbocycles. The van der Waals surface area contributed by atoms with Gasteiger partial charge in [-0.25, -0.2) is 0 Å². The highest BCUT2D eigenvalue weighted by molar-refractivity contribution is 5.28. The zero-order valence-corrected chi connectivity index (χ0v) is 17.8. The van der Waals surface area contributed by atoms with Crippen molar-refractivity contribution in [2.75, 3.05) is 14.2 Å². The van der Waals surface area contributed by atoms with Crippen molar-refractivity contribution in [3.63, 3.8) is 0 Å². The van der Waals surface area contributed by atoms with Crippen LogP contribution < -0.4 is 0 Å². The third kappa shape index (κ3) is 7.72. The lowest BCUT2D eigenvalue weighted by Crippen LogP contribution is -2.11. The fourth-order valence-corrected chi connectivity index (χ4v) is 2.56. The number of hydrogen-bond acceptors (Lipinski definition) is 2. The molecule has 0 heterocycles. The van der Waals surface area contributed by atoms with E-state index in [4.69, 9.17) is 9.47 Å². The highest BCUT2D eigenvalue weighted by Crippen LogP contribution is 2.23. The zero-order valence-electron chi connectivity index (χ0n) is 17.8. The molecular formula is C24H36O2. The molecule has 0 saturated carbocycles. The summed E-state index contributed by atoms with van der Waals surface area (Å²) in [5.74, 6) is 0. The van der Waals surface area contributed by atoms with Crippen LogP contribution in [0.5, 0.6) is 0 Å². The Morgan fingerprint density at radius 2 is 1.12 bits per heavy atom. The second-order valence-electron chi connectivity index (χ2n) is 8.76. The Balaban J connectivity index is 0.000000260. The van der Waals surface area contributed by atoms with Crippen LogP contribution in [0.3, 0.4) is 0 Å². The van der Waals surface area contributed by atoms with Gasteiger partial charge in [-0.15, -0.1) is 0 Å². The SMILES string of the molecule is COCc1ccc(C(C)(C)C)cc1.COCc1cccc(C(C)(C)C)c1. The fraction of sp³-hybridized carbons (Fsp3) is 0.500. The monoisotopic (exact) mass is 356 g/mol. The molecule has 26 heavy (non-hydrogen) atoms. The smallest absolute Gasteiger partial charge is 0.0713 e. The highest BCUT2D eigenvalue weighted by Gasteiger charge is 2.13. The third-order valence-corrected chi connectivity index (χ3v) is 4.23. The molecule has 0 spiro atoms. The van der Waals surface area contributed by atoms with E-state index >= 15 is 0 Å². The highest BCUT2D eigenvalue weighted by atomic mass is 16.5. The molecule has 2 aromatic rings. The lowest BCUT2D eigenvalue weighted by Gasteiger charge is -2.19. The molecule has 0 N–H and O–H groups in total. The lowest BCUT2D eigenvalue weighted by molar-refractivity contribution is 0.185. The molecule has 2 nitrogen and oxygen atoms in total. The Morgan fingerprint density at radius 1 is 0.615 bits per heavy atom. The van der Waals surface area contributed by atoms with E-state index in [2.05, 4.69) is 90.1 Å². The number of methoxy groups -OCH3 is 2. The van der Waals surface area contributed by atoms with E-state index in [1.165, 1.54) is 22.3 Å². The molecule has 0 aliphatic rings. The summed E-state index contributed by atoms with van der Waals surface area (Å²) in [7, 11) is 3.45. The Bertz CT molecular complexity index is 643. The van der Waals surface area contributed by atoms with Crippen molar-refractivity contribution >= 4 is 0 Å². The Hall–Kier alpha value is -1.64. The predicted molar refractivity (Wildman–Crippen MR) is 112 cm³/mol. The molecule has 0 fully saturated rings. The van der Waals surface area contributed by atoms with Crippen LogP contribution in [0.25, 0.3) is 0 Å². The van der Waals surface area contributed by atoms with Crippen LogP contribution in [0.2, 0.25) is 0 Å². The lowest BCUT2D eigenvalue weighted by atomic mass is 9.86. The molecule has 0 amide bonds. The van der Waals surface area contributed by atoms with Crippen molar-refractivity contribution in [2.45, 2.75) is 65.6 Å². The van der Waals surface area contributed by atoms with Crippen molar-refractivity contribution in [1.29, 1.82) is 0 Å². The normalized spacial score (nSPS) is 11.7. The summed E-state index contributed by atoms with van der Waals surface area (Å²) in [5, 5.41) is 0. The van der Waals surface area contributed by atoms with E-state index in [9.17, 15) is 0 Å². The Kier molecular flexibility index (Phi) is 8.52. The largest absolute Gasteiger partial charge is 0.380 e. The molecule has 2 rings (SSSR count). The van der Waals surface area contributed by atoms with E-state index in [-0.39, 0.29) is 10.8 Å². The average Bonchev–Trinajstić information content (AvgIpc) is 2.55. The number of hydrogen-bond donors (Lipinski definition) is 0. The summed E-state index contributed by atoms with van der Waals surface area (Å²) < 4.78 is 10.1. The molecule has 0 aromatic heterocycles. The molecule has 2 heteroatoms. The van der Waals surface area contributed by atoms with Crippen LogP contribution in [0.15, 0.2) is 48.5 Å². The summed E-state index contributed by atoms with van der Waals surface area (Å²) in [6.07, 6.45) is 0. The van der Waals surface area contributed by atoms with Crippen molar-refractivity contribution in [2.24, 2.45) is 0 Å². The van der Waals surface area contributed by atoms with Gasteiger partial charge in [0.05, 0.1) is 13.2 Å². The van der Waals surface area contributed by atoms with Crippen LogP contribution in [0, 0.1) is 0 Å². The van der Waals surface area contributed by atoms with Crippen molar-refractivity contribution in [3.05, 3.63) is 70.8 Å². The van der Waals surface area contributed by atoms with E-state index in [1.54, 1.807) is 14.2 Å². The number of rotatable bonds is 4. The zero-order chi connectivity index (χ0) is 19.8. The Labute approximate surface area is 160 Å². The maximum absolute atomic E-state index is 5.10. The standard InChI is InChI=1S/2C12H18O/c1-12(2,3)11-7-5-10(6-8-11)9-13-4;1-12(2,3)11-7-5-6-10(8-11)9-13-4/h2*5-8H,9H2,1-4H3. The van der Waals surface area contributed by atoms with Gasteiger partial charge < -0.3 is 9.47 Å². The molecule has 2 aromatic carbocycles. The van der Waals surface area contributed by atoms with Gasteiger partial charge in [0.25, 0.3) is 0 Å². The maximum atomic E-state index is 5.10. The third-order valence-electron chi connectivity index (χ3n) is 4.23. The van der Waals surface area contributed by atoms with E-state index in [1.807, 2.05) is 0 Å². The van der Waals surface area contributed by atoms with Gasteiger partial charge in [-0.2, -0.15) is 0 Å². The van der Waals surface area contributed by atoms with Gasteiger partial charge in [-0.1, -0.05) is 90.1 Å². The molecule has 0 bridgehead atoms. The molecule has 0 saturated heterocycles. The quantitative estimate of drug-likeness (QED) is 0.643. The molecule has 0 radical (unpaired) electrons. The first-order valence-corrected chi connectivity index (χ1v) is 9.24. The van der Waals surface area contributed by atoms with E-state index in [0.29, 0.717) is 13.2 Å². The number of ether oxygens (including phenoxy) is 2. The van der Waals surface area contributed by atoms with Gasteiger partial charge in [0.1, 0.15) is 0 Å². The minimum atomic E-state index is 0.226. The maximum Gasteiger partial charge on any atom is 0.0713 e. The van der Waals surface area contributed by atoms with E-state index in [0.717, 1.165) is 0 Å². The Morgan fingerprint density at radius 3 is 1.58 bits per heavy atom. The molecular weight excluding hydrogens is 320 g/mol. The van der Waals surface area contributed by atoms with E-state index < -0.39 is 0 Å². The minimum absolute atomic E-state index is 0.226. The molecule has 0 atom stereocenters. The van der Waals surface area contributed by atoms with Crippen LogP contribution in [-0.2, 0) is 33.5 Å². The molecule has 0 aliphatic heterocycles. The predicted octanol–water partition coefficient (Wildman–Crippen LogP) is 6.26. The van der Waals surface area contributed by atoms with Crippen LogP contribution in [0.1, 0.15) is 63.8 Å². The first-order valence-electron chi connectivity index (χ1n) is 9.24. The average molecular weight is 357 g/mol. The summed E-state index contributed by atoms with van der Waals surface area (Å²) >= 11 is 0. The topological polar surface area (TPSA) is 18.5 Å². The second-order valence-corrected chi connectivity index (χ2v) is 8.76. The summed E-state index contributed by atoms with van der Waals surface area (Å²) in [5.41, 5.74) is 5.68. The van der Waals surface area contributed by atoms with Gasteiger partial charge in [0.15, 0.2) is 0 Å². The van der Waals surface area contributed by atoms with Crippen LogP contribution >= 0.6 is 0 Å². The molecule has 144 valence electrons. The molecule has 0 unspecified atom stereocenters. The van der Waals surface area contributed by atoms with Crippen molar-refractivity contribution in [3.8, 4) is 0 Å². The minimum Gasteiger partial charge on any atom is -0.380 e. The second kappa shape index (κ2) is 9.89. The van der Waals surface area contributed by atoms with Crippen LogP contribution in [-0.4, -0.2) is 14.2 Å². The van der Waals surface area contributed by atoms with Crippen molar-refractivity contribution in [1.82, 2.24) is 0 Å². The van der Waals surface area contributed by atoms with Gasteiger partial charge in [-0.3, -0.25) is 0 Å². The summed E-state index contributed by atoms with van der Waals surface area (Å²) in [6.45, 7) is 14.7. The van der Waals surface area contributed by atoms with Crippen LogP contribution in [0.4, 0.5) is 0 Å². The van der Waals surface area contributed by atoms with Gasteiger partial charge in [0.2, 0.25) is 0 Å². The summed E-state index contributed by atoms with van der Waals surface area (Å²) in [6, 6.07) is 17.2. The summed E-state index contributed by atoms with van der Waals surface area (Å²) in [4.78, 5) is 0. The van der Waals surface area contributed by atoms with Gasteiger partial charge in [-0.05, 0) is 33.1 Å². The first kappa shape index (κ1) is 22.4. The fourth-order valence-electron chi connectivity index (χ4n) is 2.56. The number of benzene rings is 2. The first-order chi connectivity index (χ1) is 12.1.